The molecule has 5 nitrogen and oxygen atoms in total. The summed E-state index contributed by atoms with van der Waals surface area (Å²) < 4.78 is 5.11. The number of aromatic carboxylic acids is 1. The molecule has 4 N–H and O–H groups in total. The van der Waals surface area contributed by atoms with Gasteiger partial charge >= 0.3 is 5.97 Å². The summed E-state index contributed by atoms with van der Waals surface area (Å²) in [6, 6.07) is 5.03. The molecule has 0 spiro atoms. The molecule has 0 unspecified atom stereocenters. The van der Waals surface area contributed by atoms with Gasteiger partial charge in [0.15, 0.2) is 0 Å². The van der Waals surface area contributed by atoms with Crippen molar-refractivity contribution in [2.75, 3.05) is 31.3 Å². The number of hydrogen-bond acceptors (Lipinski definition) is 4. The molecule has 0 aromatic heterocycles. The summed E-state index contributed by atoms with van der Waals surface area (Å²) >= 11 is 0. The van der Waals surface area contributed by atoms with E-state index in [0.717, 1.165) is 19.6 Å². The van der Waals surface area contributed by atoms with E-state index in [0.29, 0.717) is 16.8 Å². The van der Waals surface area contributed by atoms with Gasteiger partial charge in [0.25, 0.3) is 0 Å². The second kappa shape index (κ2) is 5.48. The highest BCUT2D eigenvalue weighted by Gasteiger charge is 2.41. The maximum atomic E-state index is 11.0. The number of hydrogen-bond donors (Lipinski definition) is 3. The van der Waals surface area contributed by atoms with Crippen LogP contribution in [0.15, 0.2) is 18.2 Å². The van der Waals surface area contributed by atoms with Crippen LogP contribution in [0.4, 0.5) is 11.4 Å². The lowest BCUT2D eigenvalue weighted by Gasteiger charge is -2.18. The van der Waals surface area contributed by atoms with Crippen LogP contribution in [-0.2, 0) is 4.74 Å². The molecule has 1 aromatic carbocycles. The number of nitrogens with one attached hydrogen (secondary N) is 1. The molecule has 104 valence electrons. The van der Waals surface area contributed by atoms with E-state index in [4.69, 9.17) is 15.6 Å². The molecule has 2 rings (SSSR count). The number of carboxylic acid groups (broad SMARTS) is 1. The number of nitrogens with two attached hydrogens (primary N) is 1. The summed E-state index contributed by atoms with van der Waals surface area (Å²) in [4.78, 5) is 11.0. The lowest BCUT2D eigenvalue weighted by atomic mass is 10.0. The van der Waals surface area contributed by atoms with Crippen molar-refractivity contribution < 1.29 is 14.6 Å². The Bertz CT molecular complexity index is 470. The van der Waals surface area contributed by atoms with Gasteiger partial charge in [-0.25, -0.2) is 4.79 Å². The van der Waals surface area contributed by atoms with Crippen LogP contribution in [0.5, 0.6) is 0 Å². The lowest BCUT2D eigenvalue weighted by Crippen LogP contribution is -2.18. The molecule has 0 saturated heterocycles. The van der Waals surface area contributed by atoms with Gasteiger partial charge in [-0.3, -0.25) is 0 Å². The third-order valence-electron chi connectivity index (χ3n) is 3.78. The van der Waals surface area contributed by atoms with Crippen LogP contribution in [0, 0.1) is 5.41 Å². The number of carbonyl (C=O) groups is 1. The SMILES string of the molecule is COCCC1(CNc2cccc(C(=O)O)c2N)CC1. The Hall–Kier alpha value is -1.75. The molecule has 1 fully saturated rings. The van der Waals surface area contributed by atoms with Gasteiger partial charge in [0, 0.05) is 20.3 Å². The van der Waals surface area contributed by atoms with E-state index >= 15 is 0 Å². The highest BCUT2D eigenvalue weighted by molar-refractivity contribution is 5.97. The van der Waals surface area contributed by atoms with Gasteiger partial charge in [-0.15, -0.1) is 0 Å². The van der Waals surface area contributed by atoms with E-state index in [1.165, 1.54) is 18.9 Å². The highest BCUT2D eigenvalue weighted by Crippen LogP contribution is 2.48. The van der Waals surface area contributed by atoms with Crippen molar-refractivity contribution in [3.63, 3.8) is 0 Å². The molecule has 1 aliphatic carbocycles. The van der Waals surface area contributed by atoms with Crippen molar-refractivity contribution in [2.45, 2.75) is 19.3 Å². The van der Waals surface area contributed by atoms with E-state index < -0.39 is 5.97 Å². The number of anilines is 2. The van der Waals surface area contributed by atoms with Gasteiger partial charge < -0.3 is 20.9 Å². The molecule has 19 heavy (non-hydrogen) atoms. The fraction of sp³-hybridized carbons (Fsp3) is 0.500. The topological polar surface area (TPSA) is 84.6 Å². The van der Waals surface area contributed by atoms with Gasteiger partial charge in [0.2, 0.25) is 0 Å². The Morgan fingerprint density at radius 2 is 2.26 bits per heavy atom. The Morgan fingerprint density at radius 1 is 1.53 bits per heavy atom. The average molecular weight is 264 g/mol. The molecule has 0 amide bonds. The predicted molar refractivity (Wildman–Crippen MR) is 74.5 cm³/mol. The first-order valence-electron chi connectivity index (χ1n) is 6.43. The van der Waals surface area contributed by atoms with Crippen LogP contribution < -0.4 is 11.1 Å². The van der Waals surface area contributed by atoms with Crippen LogP contribution in [0.25, 0.3) is 0 Å². The predicted octanol–water partition coefficient (Wildman–Crippen LogP) is 2.20. The summed E-state index contributed by atoms with van der Waals surface area (Å²) in [5, 5.41) is 12.3. The normalized spacial score (nSPS) is 16.1. The first-order chi connectivity index (χ1) is 9.08. The number of rotatable bonds is 7. The van der Waals surface area contributed by atoms with Crippen molar-refractivity contribution in [1.29, 1.82) is 0 Å². The zero-order valence-electron chi connectivity index (χ0n) is 11.1. The van der Waals surface area contributed by atoms with Gasteiger partial charge in [-0.2, -0.15) is 0 Å². The maximum absolute atomic E-state index is 11.0. The van der Waals surface area contributed by atoms with E-state index in [-0.39, 0.29) is 5.56 Å². The Labute approximate surface area is 112 Å². The van der Waals surface area contributed by atoms with Crippen LogP contribution in [0.1, 0.15) is 29.6 Å². The Balaban J connectivity index is 2.00. The molecule has 1 saturated carbocycles. The molecule has 0 heterocycles. The largest absolute Gasteiger partial charge is 0.478 e. The van der Waals surface area contributed by atoms with Crippen molar-refractivity contribution in [3.8, 4) is 0 Å². The minimum Gasteiger partial charge on any atom is -0.478 e. The van der Waals surface area contributed by atoms with Gasteiger partial charge in [-0.05, 0) is 36.8 Å². The third kappa shape index (κ3) is 3.17. The smallest absolute Gasteiger partial charge is 0.337 e. The van der Waals surface area contributed by atoms with Crippen LogP contribution >= 0.6 is 0 Å². The Morgan fingerprint density at radius 3 is 2.84 bits per heavy atom. The number of carboxylic acids is 1. The third-order valence-corrected chi connectivity index (χ3v) is 3.78. The summed E-state index contributed by atoms with van der Waals surface area (Å²) in [5.74, 6) is -0.998. The zero-order chi connectivity index (χ0) is 13.9. The Kier molecular flexibility index (Phi) is 3.95. The summed E-state index contributed by atoms with van der Waals surface area (Å²) in [5.41, 5.74) is 7.31. The zero-order valence-corrected chi connectivity index (χ0v) is 11.1. The number of para-hydroxylation sites is 1. The number of methoxy groups -OCH3 is 1. The fourth-order valence-electron chi connectivity index (χ4n) is 2.20. The molecular formula is C14H20N2O3. The van der Waals surface area contributed by atoms with Crippen LogP contribution in [0.2, 0.25) is 0 Å². The molecule has 0 radical (unpaired) electrons. The van der Waals surface area contributed by atoms with Crippen molar-refractivity contribution in [3.05, 3.63) is 23.8 Å². The molecule has 0 atom stereocenters. The average Bonchev–Trinajstić information content (AvgIpc) is 3.15. The maximum Gasteiger partial charge on any atom is 0.337 e. The number of nitrogen functional groups attached to an aromatic ring is 1. The molecule has 1 aliphatic rings. The fourth-order valence-corrected chi connectivity index (χ4v) is 2.20. The minimum atomic E-state index is -0.998. The molecule has 5 heteroatoms. The first-order valence-corrected chi connectivity index (χ1v) is 6.43. The van der Waals surface area contributed by atoms with Gasteiger partial charge in [0.1, 0.15) is 0 Å². The van der Waals surface area contributed by atoms with Crippen molar-refractivity contribution in [2.24, 2.45) is 5.41 Å². The molecule has 1 aromatic rings. The highest BCUT2D eigenvalue weighted by atomic mass is 16.5. The van der Waals surface area contributed by atoms with E-state index in [2.05, 4.69) is 5.32 Å². The van der Waals surface area contributed by atoms with Crippen molar-refractivity contribution >= 4 is 17.3 Å². The van der Waals surface area contributed by atoms with Crippen molar-refractivity contribution in [1.82, 2.24) is 0 Å². The molecular weight excluding hydrogens is 244 g/mol. The van der Waals surface area contributed by atoms with E-state index in [1.807, 2.05) is 6.07 Å². The van der Waals surface area contributed by atoms with Crippen LogP contribution in [0.3, 0.4) is 0 Å². The second-order valence-corrected chi connectivity index (χ2v) is 5.17. The number of ether oxygens (including phenoxy) is 1. The molecule has 0 aliphatic heterocycles. The lowest BCUT2D eigenvalue weighted by molar-refractivity contribution is 0.0698. The molecule has 0 bridgehead atoms. The van der Waals surface area contributed by atoms with E-state index in [1.54, 1.807) is 13.2 Å². The van der Waals surface area contributed by atoms with Gasteiger partial charge in [-0.1, -0.05) is 6.07 Å². The summed E-state index contributed by atoms with van der Waals surface area (Å²) in [6.45, 7) is 1.57. The van der Waals surface area contributed by atoms with Crippen LogP contribution in [-0.4, -0.2) is 31.3 Å². The standard InChI is InChI=1S/C14H20N2O3/c1-19-8-7-14(5-6-14)9-16-11-4-2-3-10(12(11)15)13(17)18/h2-4,16H,5-9,15H2,1H3,(H,17,18). The minimum absolute atomic E-state index is 0.145. The quantitative estimate of drug-likeness (QED) is 0.657. The van der Waals surface area contributed by atoms with E-state index in [9.17, 15) is 4.79 Å². The van der Waals surface area contributed by atoms with Gasteiger partial charge in [0.05, 0.1) is 16.9 Å². The second-order valence-electron chi connectivity index (χ2n) is 5.17. The number of benzene rings is 1. The summed E-state index contributed by atoms with van der Waals surface area (Å²) in [7, 11) is 1.71. The first kappa shape index (κ1) is 13.7. The monoisotopic (exact) mass is 264 g/mol. The summed E-state index contributed by atoms with van der Waals surface area (Å²) in [6.07, 6.45) is 3.39.